The molecule has 0 saturated carbocycles. The molecule has 0 aliphatic rings. The molecule has 154 valence electrons. The molecule has 2 aromatic heterocycles. The average molecular weight is 421 g/mol. The standard InChI is InChI=1S/C24H26ClN5/c1-16-5-6-17(2)23(13-16)30-24(25)22(19(4)28-30)14-27-18(3)20-7-9-21(10-8-20)29-12-11-26-15-29/h5-13,15,18,27H,14H2,1-4H3/p+1/t18-/m1/s1. The quantitative estimate of drug-likeness (QED) is 0.500. The van der Waals surface area contributed by atoms with Gasteiger partial charge in [0.15, 0.2) is 0 Å². The SMILES string of the molecule is Cc1ccc(C)c(-n2nc(C)c(C[NH2+][C@H](C)c3ccc(-n4ccnc4)cc3)c2Cl)c1. The van der Waals surface area contributed by atoms with Gasteiger partial charge in [-0.05, 0) is 57.0 Å². The number of hydrogen-bond acceptors (Lipinski definition) is 2. The molecule has 6 heteroatoms. The van der Waals surface area contributed by atoms with Crippen molar-refractivity contribution in [2.75, 3.05) is 0 Å². The van der Waals surface area contributed by atoms with E-state index in [0.717, 1.165) is 34.7 Å². The van der Waals surface area contributed by atoms with Gasteiger partial charge in [0.25, 0.3) is 0 Å². The topological polar surface area (TPSA) is 52.2 Å². The van der Waals surface area contributed by atoms with Crippen LogP contribution in [-0.4, -0.2) is 19.3 Å². The number of nitrogens with two attached hydrogens (primary N) is 1. The lowest BCUT2D eigenvalue weighted by molar-refractivity contribution is -0.708. The Morgan fingerprint density at radius 2 is 1.83 bits per heavy atom. The number of hydrogen-bond donors (Lipinski definition) is 1. The summed E-state index contributed by atoms with van der Waals surface area (Å²) in [5.74, 6) is 0. The fourth-order valence-corrected chi connectivity index (χ4v) is 4.01. The lowest BCUT2D eigenvalue weighted by Crippen LogP contribution is -2.83. The Morgan fingerprint density at radius 3 is 2.53 bits per heavy atom. The number of halogens is 1. The van der Waals surface area contributed by atoms with Crippen LogP contribution in [0.25, 0.3) is 11.4 Å². The summed E-state index contributed by atoms with van der Waals surface area (Å²) in [6.07, 6.45) is 5.54. The Morgan fingerprint density at radius 1 is 1.07 bits per heavy atom. The maximum Gasteiger partial charge on any atom is 0.142 e. The fraction of sp³-hybridized carbons (Fsp3) is 0.250. The molecule has 0 unspecified atom stereocenters. The van der Waals surface area contributed by atoms with E-state index in [4.69, 9.17) is 16.7 Å². The van der Waals surface area contributed by atoms with E-state index in [1.807, 2.05) is 28.7 Å². The molecule has 5 nitrogen and oxygen atoms in total. The van der Waals surface area contributed by atoms with Gasteiger partial charge in [0.05, 0.1) is 23.3 Å². The molecule has 2 N–H and O–H groups in total. The molecule has 0 saturated heterocycles. The predicted octanol–water partition coefficient (Wildman–Crippen LogP) is 4.46. The maximum absolute atomic E-state index is 6.77. The number of aryl methyl sites for hydroxylation is 3. The number of rotatable bonds is 6. The Bertz CT molecular complexity index is 1140. The van der Waals surface area contributed by atoms with Crippen LogP contribution >= 0.6 is 11.6 Å². The van der Waals surface area contributed by atoms with Gasteiger partial charge < -0.3 is 9.88 Å². The maximum atomic E-state index is 6.77. The van der Waals surface area contributed by atoms with Crippen LogP contribution in [0.4, 0.5) is 0 Å². The average Bonchev–Trinajstić information content (AvgIpc) is 3.37. The first kappa shape index (κ1) is 20.4. The smallest absolute Gasteiger partial charge is 0.142 e. The molecule has 0 amide bonds. The zero-order chi connectivity index (χ0) is 21.3. The number of aromatic nitrogens is 4. The van der Waals surface area contributed by atoms with Gasteiger partial charge in [-0.2, -0.15) is 5.10 Å². The van der Waals surface area contributed by atoms with E-state index >= 15 is 0 Å². The molecule has 0 bridgehead atoms. The zero-order valence-electron chi connectivity index (χ0n) is 17.8. The molecule has 0 aliphatic heterocycles. The van der Waals surface area contributed by atoms with Crippen LogP contribution in [0.5, 0.6) is 0 Å². The summed E-state index contributed by atoms with van der Waals surface area (Å²) in [4.78, 5) is 4.11. The van der Waals surface area contributed by atoms with Crippen molar-refractivity contribution in [3.8, 4) is 11.4 Å². The summed E-state index contributed by atoms with van der Waals surface area (Å²) >= 11 is 6.77. The molecule has 4 aromatic rings. The fourth-order valence-electron chi connectivity index (χ4n) is 3.66. The van der Waals surface area contributed by atoms with Crippen molar-refractivity contribution in [1.82, 2.24) is 19.3 Å². The summed E-state index contributed by atoms with van der Waals surface area (Å²) in [6, 6.07) is 15.2. The third-order valence-electron chi connectivity index (χ3n) is 5.61. The molecule has 1 atom stereocenters. The van der Waals surface area contributed by atoms with Gasteiger partial charge in [0.1, 0.15) is 17.7 Å². The Kier molecular flexibility index (Phi) is 5.75. The third-order valence-corrected chi connectivity index (χ3v) is 6.00. The number of imidazole rings is 1. The first-order valence-corrected chi connectivity index (χ1v) is 10.5. The predicted molar refractivity (Wildman–Crippen MR) is 120 cm³/mol. The Hall–Kier alpha value is -2.89. The molecular weight excluding hydrogens is 394 g/mol. The van der Waals surface area contributed by atoms with Crippen LogP contribution in [-0.2, 0) is 6.54 Å². The van der Waals surface area contributed by atoms with E-state index in [2.05, 4.69) is 73.5 Å². The van der Waals surface area contributed by atoms with Crippen molar-refractivity contribution in [2.24, 2.45) is 0 Å². The highest BCUT2D eigenvalue weighted by Gasteiger charge is 2.19. The first-order valence-electron chi connectivity index (χ1n) is 10.2. The minimum Gasteiger partial charge on any atom is -0.336 e. The monoisotopic (exact) mass is 420 g/mol. The summed E-state index contributed by atoms with van der Waals surface area (Å²) in [6.45, 7) is 9.19. The van der Waals surface area contributed by atoms with Crippen molar-refractivity contribution in [1.29, 1.82) is 0 Å². The van der Waals surface area contributed by atoms with E-state index in [-0.39, 0.29) is 0 Å². The second-order valence-electron chi connectivity index (χ2n) is 7.85. The number of benzene rings is 2. The Balaban J connectivity index is 1.50. The van der Waals surface area contributed by atoms with Crippen LogP contribution < -0.4 is 5.32 Å². The van der Waals surface area contributed by atoms with Gasteiger partial charge in [-0.1, -0.05) is 35.9 Å². The van der Waals surface area contributed by atoms with Gasteiger partial charge in [0.2, 0.25) is 0 Å². The van der Waals surface area contributed by atoms with Gasteiger partial charge in [-0.3, -0.25) is 0 Å². The van der Waals surface area contributed by atoms with E-state index in [1.54, 1.807) is 6.20 Å². The molecule has 30 heavy (non-hydrogen) atoms. The van der Waals surface area contributed by atoms with Crippen molar-refractivity contribution >= 4 is 11.6 Å². The van der Waals surface area contributed by atoms with Crippen molar-refractivity contribution in [2.45, 2.75) is 40.3 Å². The molecule has 0 radical (unpaired) electrons. The van der Waals surface area contributed by atoms with E-state index in [9.17, 15) is 0 Å². The molecule has 2 aromatic carbocycles. The summed E-state index contributed by atoms with van der Waals surface area (Å²) < 4.78 is 3.87. The normalized spacial score (nSPS) is 12.3. The minimum absolute atomic E-state index is 0.307. The highest BCUT2D eigenvalue weighted by atomic mass is 35.5. The molecule has 0 aliphatic carbocycles. The number of quaternary nitrogens is 1. The molecular formula is C24H27ClN5+. The van der Waals surface area contributed by atoms with Gasteiger partial charge in [0, 0.05) is 23.6 Å². The van der Waals surface area contributed by atoms with Gasteiger partial charge in [-0.15, -0.1) is 0 Å². The van der Waals surface area contributed by atoms with Crippen molar-refractivity contribution in [3.63, 3.8) is 0 Å². The summed E-state index contributed by atoms with van der Waals surface area (Å²) in [5, 5.41) is 7.72. The van der Waals surface area contributed by atoms with Crippen molar-refractivity contribution < 1.29 is 5.32 Å². The lowest BCUT2D eigenvalue weighted by atomic mass is 10.1. The van der Waals surface area contributed by atoms with E-state index < -0.39 is 0 Å². The second-order valence-corrected chi connectivity index (χ2v) is 8.20. The highest BCUT2D eigenvalue weighted by molar-refractivity contribution is 6.30. The Labute approximate surface area is 182 Å². The second kappa shape index (κ2) is 8.46. The lowest BCUT2D eigenvalue weighted by Gasteiger charge is -2.12. The third kappa shape index (κ3) is 4.04. The van der Waals surface area contributed by atoms with Crippen molar-refractivity contribution in [3.05, 3.63) is 94.3 Å². The number of nitrogens with zero attached hydrogens (tertiary/aromatic N) is 4. The van der Waals surface area contributed by atoms with Gasteiger partial charge >= 0.3 is 0 Å². The summed E-state index contributed by atoms with van der Waals surface area (Å²) in [5.41, 5.74) is 7.83. The van der Waals surface area contributed by atoms with Crippen LogP contribution in [0.1, 0.15) is 40.9 Å². The van der Waals surface area contributed by atoms with Crippen LogP contribution in [0.2, 0.25) is 5.15 Å². The van der Waals surface area contributed by atoms with Gasteiger partial charge in [-0.25, -0.2) is 9.67 Å². The summed E-state index contributed by atoms with van der Waals surface area (Å²) in [7, 11) is 0. The minimum atomic E-state index is 0.307. The molecule has 4 rings (SSSR count). The molecule has 0 fully saturated rings. The van der Waals surface area contributed by atoms with E-state index in [1.165, 1.54) is 11.1 Å². The molecule has 2 heterocycles. The van der Waals surface area contributed by atoms with Crippen LogP contribution in [0.15, 0.2) is 61.2 Å². The largest absolute Gasteiger partial charge is 0.336 e. The van der Waals surface area contributed by atoms with Crippen LogP contribution in [0.3, 0.4) is 0 Å². The highest BCUT2D eigenvalue weighted by Crippen LogP contribution is 2.25. The van der Waals surface area contributed by atoms with E-state index in [0.29, 0.717) is 11.2 Å². The first-order chi connectivity index (χ1) is 14.4. The zero-order valence-corrected chi connectivity index (χ0v) is 18.6. The van der Waals surface area contributed by atoms with Crippen LogP contribution in [0, 0.1) is 20.8 Å². The molecule has 0 spiro atoms.